The van der Waals surface area contributed by atoms with Gasteiger partial charge >= 0.3 is 0 Å². The third-order valence-corrected chi connectivity index (χ3v) is 3.86. The lowest BCUT2D eigenvalue weighted by atomic mass is 10.1. The Morgan fingerprint density at radius 1 is 1.47 bits per heavy atom. The summed E-state index contributed by atoms with van der Waals surface area (Å²) in [5.74, 6) is 0. The molecule has 1 heterocycles. The maximum atomic E-state index is 10.0. The van der Waals surface area contributed by atoms with E-state index in [1.807, 2.05) is 13.0 Å². The van der Waals surface area contributed by atoms with Crippen molar-refractivity contribution in [3.63, 3.8) is 0 Å². The zero-order chi connectivity index (χ0) is 13.9. The molecule has 19 heavy (non-hydrogen) atoms. The van der Waals surface area contributed by atoms with Crippen LogP contribution in [0.1, 0.15) is 32.3 Å². The van der Waals surface area contributed by atoms with Crippen molar-refractivity contribution >= 4 is 17.3 Å². The largest absolute Gasteiger partial charge is 0.388 e. The highest BCUT2D eigenvalue weighted by Gasteiger charge is 2.32. The molecule has 0 spiro atoms. The van der Waals surface area contributed by atoms with E-state index in [2.05, 4.69) is 29.3 Å². The summed E-state index contributed by atoms with van der Waals surface area (Å²) in [6.07, 6.45) is 1.93. The van der Waals surface area contributed by atoms with Crippen molar-refractivity contribution in [2.75, 3.05) is 24.5 Å². The van der Waals surface area contributed by atoms with Crippen molar-refractivity contribution in [2.45, 2.75) is 38.8 Å². The molecule has 3 nitrogen and oxygen atoms in total. The molecule has 4 heteroatoms. The lowest BCUT2D eigenvalue weighted by Crippen LogP contribution is -2.29. The number of hydrogen-bond donors (Lipinski definition) is 2. The van der Waals surface area contributed by atoms with Gasteiger partial charge in [0.15, 0.2) is 0 Å². The Bertz CT molecular complexity index is 434. The molecule has 0 saturated carbocycles. The van der Waals surface area contributed by atoms with Crippen LogP contribution in [-0.4, -0.2) is 30.3 Å². The summed E-state index contributed by atoms with van der Waals surface area (Å²) in [4.78, 5) is 2.16. The smallest absolute Gasteiger partial charge is 0.0810 e. The molecule has 2 rings (SSSR count). The number of rotatable bonds is 5. The standard InChI is InChI=1S/C15H23ClN2O/c1-3-7-17-10-12-4-5-14(13(16)9-12)18-8-6-15(2,19)11-18/h4-5,9,17,19H,3,6-8,10-11H2,1-2H3. The molecular formula is C15H23ClN2O. The molecule has 1 saturated heterocycles. The molecular weight excluding hydrogens is 260 g/mol. The highest BCUT2D eigenvalue weighted by molar-refractivity contribution is 6.33. The molecule has 1 unspecified atom stereocenters. The van der Waals surface area contributed by atoms with E-state index in [9.17, 15) is 5.11 Å². The molecule has 0 amide bonds. The normalized spacial score (nSPS) is 23.1. The molecule has 0 radical (unpaired) electrons. The van der Waals surface area contributed by atoms with Crippen molar-refractivity contribution in [3.05, 3.63) is 28.8 Å². The maximum Gasteiger partial charge on any atom is 0.0810 e. The van der Waals surface area contributed by atoms with Gasteiger partial charge in [0.25, 0.3) is 0 Å². The van der Waals surface area contributed by atoms with Gasteiger partial charge in [0.05, 0.1) is 16.3 Å². The number of aliphatic hydroxyl groups is 1. The van der Waals surface area contributed by atoms with Crippen molar-refractivity contribution in [1.82, 2.24) is 5.32 Å². The first-order valence-electron chi connectivity index (χ1n) is 6.98. The molecule has 1 atom stereocenters. The third-order valence-electron chi connectivity index (χ3n) is 3.56. The fourth-order valence-electron chi connectivity index (χ4n) is 2.48. The minimum absolute atomic E-state index is 0.593. The van der Waals surface area contributed by atoms with E-state index in [0.29, 0.717) is 6.54 Å². The summed E-state index contributed by atoms with van der Waals surface area (Å²) in [6, 6.07) is 6.19. The minimum Gasteiger partial charge on any atom is -0.388 e. The molecule has 0 bridgehead atoms. The van der Waals surface area contributed by atoms with E-state index in [-0.39, 0.29) is 0 Å². The second-order valence-electron chi connectivity index (χ2n) is 5.63. The zero-order valence-electron chi connectivity index (χ0n) is 11.7. The molecule has 1 aliphatic rings. The van der Waals surface area contributed by atoms with Gasteiger partial charge < -0.3 is 15.3 Å². The van der Waals surface area contributed by atoms with Crippen LogP contribution in [0.3, 0.4) is 0 Å². The van der Waals surface area contributed by atoms with Crippen molar-refractivity contribution in [3.8, 4) is 0 Å². The number of benzene rings is 1. The molecule has 1 aromatic carbocycles. The predicted molar refractivity (Wildman–Crippen MR) is 80.9 cm³/mol. The van der Waals surface area contributed by atoms with E-state index in [0.717, 1.165) is 43.2 Å². The van der Waals surface area contributed by atoms with Crippen LogP contribution in [0.2, 0.25) is 5.02 Å². The van der Waals surface area contributed by atoms with Crippen LogP contribution in [0.4, 0.5) is 5.69 Å². The topological polar surface area (TPSA) is 35.5 Å². The number of nitrogens with one attached hydrogen (secondary N) is 1. The van der Waals surface area contributed by atoms with E-state index in [1.54, 1.807) is 0 Å². The summed E-state index contributed by atoms with van der Waals surface area (Å²) < 4.78 is 0. The number of halogens is 1. The summed E-state index contributed by atoms with van der Waals surface area (Å²) in [5, 5.41) is 14.2. The van der Waals surface area contributed by atoms with E-state index in [1.165, 1.54) is 5.56 Å². The van der Waals surface area contributed by atoms with Crippen LogP contribution < -0.4 is 10.2 Å². The van der Waals surface area contributed by atoms with E-state index in [4.69, 9.17) is 11.6 Å². The Balaban J connectivity index is 2.03. The Morgan fingerprint density at radius 3 is 2.84 bits per heavy atom. The van der Waals surface area contributed by atoms with Gasteiger partial charge in [-0.2, -0.15) is 0 Å². The SMILES string of the molecule is CCCNCc1ccc(N2CCC(C)(O)C2)c(Cl)c1. The highest BCUT2D eigenvalue weighted by Crippen LogP contribution is 2.32. The predicted octanol–water partition coefficient (Wildman–Crippen LogP) is 2.80. The van der Waals surface area contributed by atoms with Crippen molar-refractivity contribution < 1.29 is 5.11 Å². The fourth-order valence-corrected chi connectivity index (χ4v) is 2.80. The lowest BCUT2D eigenvalue weighted by molar-refractivity contribution is 0.0839. The summed E-state index contributed by atoms with van der Waals surface area (Å²) in [7, 11) is 0. The molecule has 1 aromatic rings. The zero-order valence-corrected chi connectivity index (χ0v) is 12.5. The molecule has 106 valence electrons. The summed E-state index contributed by atoms with van der Waals surface area (Å²) >= 11 is 6.36. The van der Waals surface area contributed by atoms with Crippen LogP contribution in [0.5, 0.6) is 0 Å². The summed E-state index contributed by atoms with van der Waals surface area (Å²) in [5.41, 5.74) is 1.64. The van der Waals surface area contributed by atoms with Gasteiger partial charge in [-0.05, 0) is 44.0 Å². The first kappa shape index (κ1) is 14.6. The quantitative estimate of drug-likeness (QED) is 0.815. The minimum atomic E-state index is -0.593. The number of β-amino-alcohol motifs (C(OH)–C–C–N with tert-alkyl or cyclic N) is 1. The fraction of sp³-hybridized carbons (Fsp3) is 0.600. The average molecular weight is 283 g/mol. The van der Waals surface area contributed by atoms with Gasteiger partial charge in [-0.15, -0.1) is 0 Å². The number of nitrogens with zero attached hydrogens (tertiary/aromatic N) is 1. The lowest BCUT2D eigenvalue weighted by Gasteiger charge is -2.22. The van der Waals surface area contributed by atoms with Crippen LogP contribution in [0.25, 0.3) is 0 Å². The Kier molecular flexibility index (Phi) is 4.71. The molecule has 1 aliphatic heterocycles. The molecule has 1 fully saturated rings. The van der Waals surface area contributed by atoms with Gasteiger partial charge in [0, 0.05) is 19.6 Å². The Hall–Kier alpha value is -0.770. The van der Waals surface area contributed by atoms with Gasteiger partial charge in [-0.3, -0.25) is 0 Å². The molecule has 0 aliphatic carbocycles. The first-order chi connectivity index (χ1) is 9.02. The highest BCUT2D eigenvalue weighted by atomic mass is 35.5. The van der Waals surface area contributed by atoms with Crippen molar-refractivity contribution in [2.24, 2.45) is 0 Å². The van der Waals surface area contributed by atoms with E-state index >= 15 is 0 Å². The van der Waals surface area contributed by atoms with Crippen molar-refractivity contribution in [1.29, 1.82) is 0 Å². The maximum absolute atomic E-state index is 10.0. The summed E-state index contributed by atoms with van der Waals surface area (Å²) in [6.45, 7) is 7.42. The molecule has 2 N–H and O–H groups in total. The third kappa shape index (κ3) is 3.85. The van der Waals surface area contributed by atoms with Gasteiger partial charge in [0.2, 0.25) is 0 Å². The van der Waals surface area contributed by atoms with Crippen LogP contribution in [-0.2, 0) is 6.54 Å². The second-order valence-corrected chi connectivity index (χ2v) is 6.04. The Labute approximate surface area is 120 Å². The number of hydrogen-bond acceptors (Lipinski definition) is 3. The van der Waals surface area contributed by atoms with Gasteiger partial charge in [-0.1, -0.05) is 24.6 Å². The second kappa shape index (κ2) is 6.12. The number of anilines is 1. The van der Waals surface area contributed by atoms with Gasteiger partial charge in [0.1, 0.15) is 0 Å². The van der Waals surface area contributed by atoms with Crippen LogP contribution in [0.15, 0.2) is 18.2 Å². The molecule has 0 aromatic heterocycles. The van der Waals surface area contributed by atoms with Crippen LogP contribution in [0, 0.1) is 0 Å². The Morgan fingerprint density at radius 2 is 2.26 bits per heavy atom. The van der Waals surface area contributed by atoms with E-state index < -0.39 is 5.60 Å². The monoisotopic (exact) mass is 282 g/mol. The van der Waals surface area contributed by atoms with Crippen LogP contribution >= 0.6 is 11.6 Å². The first-order valence-corrected chi connectivity index (χ1v) is 7.36. The van der Waals surface area contributed by atoms with Gasteiger partial charge in [-0.25, -0.2) is 0 Å². The average Bonchev–Trinajstić information content (AvgIpc) is 2.70.